The van der Waals surface area contributed by atoms with Crippen LogP contribution >= 0.6 is 0 Å². The number of guanidine groups is 1. The molecule has 0 saturated carbocycles. The Kier molecular flexibility index (Phi) is 7.87. The zero-order valence-corrected chi connectivity index (χ0v) is 18.0. The van der Waals surface area contributed by atoms with Crippen LogP contribution in [0.2, 0.25) is 0 Å². The molecule has 1 aromatic heterocycles. The first kappa shape index (κ1) is 22.2. The summed E-state index contributed by atoms with van der Waals surface area (Å²) in [4.78, 5) is 18.5. The molecule has 1 aliphatic rings. The lowest BCUT2D eigenvalue weighted by atomic mass is 10.1. The molecule has 4 N–H and O–H groups in total. The normalized spacial score (nSPS) is 13.8. The van der Waals surface area contributed by atoms with E-state index in [-0.39, 0.29) is 12.5 Å². The Balaban J connectivity index is 1.55. The number of aromatic nitrogens is 2. The van der Waals surface area contributed by atoms with Gasteiger partial charge in [-0.15, -0.1) is 0 Å². The number of carbonyl (C=O) groups is 1. The minimum Gasteiger partial charge on any atom is -0.382 e. The third-order valence-electron chi connectivity index (χ3n) is 5.16. The predicted octanol–water partition coefficient (Wildman–Crippen LogP) is 1.44. The second-order valence-electron chi connectivity index (χ2n) is 7.38. The molecule has 164 valence electrons. The third-order valence-corrected chi connectivity index (χ3v) is 5.16. The number of anilines is 1. The fourth-order valence-electron chi connectivity index (χ4n) is 3.56. The van der Waals surface area contributed by atoms with E-state index >= 15 is 0 Å². The average Bonchev–Trinajstić information content (AvgIpc) is 3.43. The summed E-state index contributed by atoms with van der Waals surface area (Å²) in [5, 5.41) is 20.5. The average molecular weight is 423 g/mol. The number of nitrogens with two attached hydrogens (primary N) is 1. The van der Waals surface area contributed by atoms with Crippen molar-refractivity contribution in [2.24, 2.45) is 4.99 Å². The van der Waals surface area contributed by atoms with Crippen LogP contribution in [0.3, 0.4) is 0 Å². The Hall–Kier alpha value is -3.54. The summed E-state index contributed by atoms with van der Waals surface area (Å²) < 4.78 is 1.61. The second-order valence-corrected chi connectivity index (χ2v) is 7.38. The maximum absolute atomic E-state index is 12.2. The highest BCUT2D eigenvalue weighted by Gasteiger charge is 2.18. The van der Waals surface area contributed by atoms with E-state index in [1.165, 1.54) is 0 Å². The van der Waals surface area contributed by atoms with E-state index in [1.807, 2.05) is 42.2 Å². The number of carbonyl (C=O) groups excluding carboxylic acids is 1. The van der Waals surface area contributed by atoms with Gasteiger partial charge in [0.15, 0.2) is 5.96 Å². The molecule has 0 radical (unpaired) electrons. The second kappa shape index (κ2) is 11.0. The lowest BCUT2D eigenvalue weighted by molar-refractivity contribution is -0.128. The van der Waals surface area contributed by atoms with Gasteiger partial charge >= 0.3 is 0 Å². The lowest BCUT2D eigenvalue weighted by Crippen LogP contribution is -2.39. The summed E-state index contributed by atoms with van der Waals surface area (Å²) in [5.74, 6) is 1.03. The van der Waals surface area contributed by atoms with Crippen molar-refractivity contribution >= 4 is 17.7 Å². The number of amides is 1. The number of aliphatic imine (C=N–C) groups is 1. The van der Waals surface area contributed by atoms with Crippen LogP contribution in [0.25, 0.3) is 5.69 Å². The van der Waals surface area contributed by atoms with Gasteiger partial charge in [-0.2, -0.15) is 10.4 Å². The number of likely N-dealkylation sites (tertiary alicyclic amines) is 1. The van der Waals surface area contributed by atoms with Crippen LogP contribution in [0.5, 0.6) is 0 Å². The standard InChI is InChI=1S/C22H30N8O/c1-2-25-22(27-16-20(31)29-13-6-7-14-29)26-12-8-11-19-18(15-23)21(24)30(28-19)17-9-4-3-5-10-17/h3-5,9-10H,2,6-8,11-14,16,24H2,1H3,(H2,25,26,27). The molecule has 1 aromatic carbocycles. The number of para-hydroxylation sites is 1. The quantitative estimate of drug-likeness (QED) is 0.336. The van der Waals surface area contributed by atoms with Gasteiger partial charge in [0.05, 0.1) is 11.4 Å². The molecular weight excluding hydrogens is 392 g/mol. The van der Waals surface area contributed by atoms with Crippen LogP contribution in [0, 0.1) is 11.3 Å². The zero-order valence-electron chi connectivity index (χ0n) is 18.0. The third kappa shape index (κ3) is 5.75. The first-order valence-corrected chi connectivity index (χ1v) is 10.8. The van der Waals surface area contributed by atoms with E-state index in [1.54, 1.807) is 4.68 Å². The van der Waals surface area contributed by atoms with Crippen molar-refractivity contribution in [3.63, 3.8) is 0 Å². The van der Waals surface area contributed by atoms with Crippen LogP contribution < -0.4 is 16.4 Å². The number of nitriles is 1. The monoisotopic (exact) mass is 422 g/mol. The van der Waals surface area contributed by atoms with Gasteiger partial charge in [-0.3, -0.25) is 4.79 Å². The molecule has 0 unspecified atom stereocenters. The fraction of sp³-hybridized carbons (Fsp3) is 0.455. The highest BCUT2D eigenvalue weighted by atomic mass is 16.2. The van der Waals surface area contributed by atoms with Crippen molar-refractivity contribution in [2.75, 3.05) is 38.5 Å². The summed E-state index contributed by atoms with van der Waals surface area (Å²) in [6.07, 6.45) is 3.49. The SMILES string of the molecule is CCNC(=NCC(=O)N1CCCC1)NCCCc1nn(-c2ccccc2)c(N)c1C#N. The van der Waals surface area contributed by atoms with Crippen LogP contribution in [0.15, 0.2) is 35.3 Å². The molecule has 1 aliphatic heterocycles. The Labute approximate surface area is 182 Å². The Bertz CT molecular complexity index is 938. The van der Waals surface area contributed by atoms with E-state index in [9.17, 15) is 10.1 Å². The van der Waals surface area contributed by atoms with Crippen LogP contribution in [-0.4, -0.2) is 59.3 Å². The zero-order chi connectivity index (χ0) is 22.1. The Morgan fingerprint density at radius 3 is 2.68 bits per heavy atom. The van der Waals surface area contributed by atoms with Gasteiger partial charge in [0.1, 0.15) is 24.0 Å². The molecule has 3 rings (SSSR count). The van der Waals surface area contributed by atoms with Crippen LogP contribution in [0.4, 0.5) is 5.82 Å². The number of rotatable bonds is 8. The molecule has 2 heterocycles. The van der Waals surface area contributed by atoms with Crippen molar-refractivity contribution in [3.05, 3.63) is 41.6 Å². The summed E-state index contributed by atoms with van der Waals surface area (Å²) in [6, 6.07) is 11.7. The lowest BCUT2D eigenvalue weighted by Gasteiger charge is -2.15. The molecule has 1 fully saturated rings. The van der Waals surface area contributed by atoms with Crippen LogP contribution in [-0.2, 0) is 11.2 Å². The molecule has 9 nitrogen and oxygen atoms in total. The summed E-state index contributed by atoms with van der Waals surface area (Å²) in [5.41, 5.74) is 8.07. The van der Waals surface area contributed by atoms with Crippen molar-refractivity contribution in [1.82, 2.24) is 25.3 Å². The Morgan fingerprint density at radius 1 is 1.26 bits per heavy atom. The van der Waals surface area contributed by atoms with Gasteiger partial charge < -0.3 is 21.3 Å². The van der Waals surface area contributed by atoms with Gasteiger partial charge in [0, 0.05) is 26.2 Å². The largest absolute Gasteiger partial charge is 0.382 e. The number of nitrogens with zero attached hydrogens (tertiary/aromatic N) is 5. The number of benzene rings is 1. The topological polar surface area (TPSA) is 124 Å². The first-order chi connectivity index (χ1) is 15.1. The molecule has 0 spiro atoms. The Morgan fingerprint density at radius 2 is 2.00 bits per heavy atom. The number of nitrogens with one attached hydrogen (secondary N) is 2. The maximum atomic E-state index is 12.2. The highest BCUT2D eigenvalue weighted by molar-refractivity contribution is 5.85. The van der Waals surface area contributed by atoms with E-state index in [4.69, 9.17) is 5.73 Å². The van der Waals surface area contributed by atoms with Crippen molar-refractivity contribution in [1.29, 1.82) is 5.26 Å². The summed E-state index contributed by atoms with van der Waals surface area (Å²) in [7, 11) is 0. The van der Waals surface area contributed by atoms with E-state index in [0.717, 1.165) is 38.0 Å². The van der Waals surface area contributed by atoms with Crippen molar-refractivity contribution in [3.8, 4) is 11.8 Å². The first-order valence-electron chi connectivity index (χ1n) is 10.8. The number of hydrogen-bond donors (Lipinski definition) is 3. The predicted molar refractivity (Wildman–Crippen MR) is 121 cm³/mol. The van der Waals surface area contributed by atoms with Crippen LogP contribution in [0.1, 0.15) is 37.4 Å². The van der Waals surface area contributed by atoms with Gasteiger partial charge in [-0.05, 0) is 44.7 Å². The molecule has 0 atom stereocenters. The fourth-order valence-corrected chi connectivity index (χ4v) is 3.56. The molecule has 0 bridgehead atoms. The van der Waals surface area contributed by atoms with E-state index in [2.05, 4.69) is 26.8 Å². The number of aryl methyl sites for hydroxylation is 1. The molecule has 2 aromatic rings. The number of hydrogen-bond acceptors (Lipinski definition) is 5. The van der Waals surface area contributed by atoms with Crippen molar-refractivity contribution in [2.45, 2.75) is 32.6 Å². The summed E-state index contributed by atoms with van der Waals surface area (Å²) in [6.45, 7) is 5.13. The van der Waals surface area contributed by atoms with Gasteiger partial charge in [-0.25, -0.2) is 9.67 Å². The van der Waals surface area contributed by atoms with Gasteiger partial charge in [0.25, 0.3) is 0 Å². The van der Waals surface area contributed by atoms with E-state index < -0.39 is 0 Å². The van der Waals surface area contributed by atoms with E-state index in [0.29, 0.717) is 42.5 Å². The number of nitrogen functional groups attached to an aromatic ring is 1. The van der Waals surface area contributed by atoms with Gasteiger partial charge in [-0.1, -0.05) is 18.2 Å². The summed E-state index contributed by atoms with van der Waals surface area (Å²) >= 11 is 0. The molecular formula is C22H30N8O. The molecule has 31 heavy (non-hydrogen) atoms. The molecule has 1 saturated heterocycles. The minimum absolute atomic E-state index is 0.0651. The minimum atomic E-state index is 0.0651. The molecule has 9 heteroatoms. The highest BCUT2D eigenvalue weighted by Crippen LogP contribution is 2.21. The smallest absolute Gasteiger partial charge is 0.244 e. The van der Waals surface area contributed by atoms with Gasteiger partial charge in [0.2, 0.25) is 5.91 Å². The molecule has 1 amide bonds. The molecule has 0 aliphatic carbocycles. The maximum Gasteiger partial charge on any atom is 0.244 e. The van der Waals surface area contributed by atoms with Crippen molar-refractivity contribution < 1.29 is 4.79 Å².